The van der Waals surface area contributed by atoms with Gasteiger partial charge in [0, 0.05) is 19.0 Å². The van der Waals surface area contributed by atoms with E-state index < -0.39 is 53.9 Å². The molecule has 0 spiro atoms. The number of amides is 4. The highest BCUT2D eigenvalue weighted by Gasteiger charge is 2.69. The average Bonchev–Trinajstić information content (AvgIpc) is 3.20. The van der Waals surface area contributed by atoms with E-state index in [0.29, 0.717) is 25.8 Å². The van der Waals surface area contributed by atoms with Crippen LogP contribution in [0.4, 0.5) is 13.2 Å². The first-order chi connectivity index (χ1) is 17.4. The van der Waals surface area contributed by atoms with Crippen molar-refractivity contribution in [3.63, 3.8) is 0 Å². The molecule has 2 aliphatic heterocycles. The summed E-state index contributed by atoms with van der Waals surface area (Å²) in [4.78, 5) is 52.3. The molecular formula is C25H34F3N5O4. The number of halogens is 3. The normalized spacial score (nSPS) is 30.5. The number of fused-ring (bicyclic) bond motifs is 1. The quantitative estimate of drug-likeness (QED) is 0.465. The SMILES string of the molecule is CC1(C)C2CN(C(=O)[C@@H](NC(=O)C(F)(F)F)C3CCCCC3)C(C(=O)N[C@H](C#N)C[C@@H]3CCNC3=O)C21. The van der Waals surface area contributed by atoms with Gasteiger partial charge in [-0.2, -0.15) is 18.4 Å². The molecule has 204 valence electrons. The Morgan fingerprint density at radius 3 is 2.41 bits per heavy atom. The minimum Gasteiger partial charge on any atom is -0.356 e. The molecule has 9 nitrogen and oxygen atoms in total. The van der Waals surface area contributed by atoms with Crippen molar-refractivity contribution in [3.8, 4) is 6.07 Å². The third-order valence-electron chi connectivity index (χ3n) is 8.85. The van der Waals surface area contributed by atoms with E-state index in [1.165, 1.54) is 4.90 Å². The fourth-order valence-corrected chi connectivity index (χ4v) is 6.62. The molecule has 3 N–H and O–H groups in total. The molecule has 12 heteroatoms. The Kier molecular flexibility index (Phi) is 7.45. The standard InChI is InChI=1S/C25H34F3N5O4/c1-24(2)16-12-33(22(36)18(13-6-4-3-5-7-13)32-23(37)25(26,27)28)19(17(16)24)21(35)31-15(11-29)10-14-8-9-30-20(14)34/h13-19H,3-10,12H2,1-2H3,(H,30,34)(H,31,35)(H,32,37)/t14-,15-,16?,17?,18-,19?/m0/s1. The van der Waals surface area contributed by atoms with Crippen LogP contribution in [0.1, 0.15) is 58.8 Å². The molecule has 2 heterocycles. The lowest BCUT2D eigenvalue weighted by atomic mass is 9.83. The van der Waals surface area contributed by atoms with Gasteiger partial charge in [0.2, 0.25) is 17.7 Å². The average molecular weight is 526 g/mol. The summed E-state index contributed by atoms with van der Waals surface area (Å²) in [6.07, 6.45) is -1.01. The summed E-state index contributed by atoms with van der Waals surface area (Å²) in [6.45, 7) is 4.64. The summed E-state index contributed by atoms with van der Waals surface area (Å²) in [7, 11) is 0. The van der Waals surface area contributed by atoms with Crippen LogP contribution >= 0.6 is 0 Å². The van der Waals surface area contributed by atoms with Crippen molar-refractivity contribution in [3.05, 3.63) is 0 Å². The Morgan fingerprint density at radius 2 is 1.84 bits per heavy atom. The van der Waals surface area contributed by atoms with E-state index in [9.17, 15) is 37.6 Å². The van der Waals surface area contributed by atoms with Gasteiger partial charge >= 0.3 is 12.1 Å². The summed E-state index contributed by atoms with van der Waals surface area (Å²) < 4.78 is 39.3. The zero-order valence-electron chi connectivity index (χ0n) is 21.1. The van der Waals surface area contributed by atoms with E-state index in [2.05, 4.69) is 10.6 Å². The van der Waals surface area contributed by atoms with Crippen molar-refractivity contribution in [2.75, 3.05) is 13.1 Å². The smallest absolute Gasteiger partial charge is 0.356 e. The predicted molar refractivity (Wildman–Crippen MR) is 124 cm³/mol. The maximum absolute atomic E-state index is 13.7. The molecule has 37 heavy (non-hydrogen) atoms. The van der Waals surface area contributed by atoms with Crippen LogP contribution in [0.2, 0.25) is 0 Å². The molecule has 2 saturated heterocycles. The van der Waals surface area contributed by atoms with Crippen molar-refractivity contribution in [2.24, 2.45) is 29.1 Å². The highest BCUT2D eigenvalue weighted by Crippen LogP contribution is 2.65. The van der Waals surface area contributed by atoms with Gasteiger partial charge in [-0.1, -0.05) is 33.1 Å². The van der Waals surface area contributed by atoms with E-state index in [1.807, 2.05) is 25.2 Å². The molecule has 0 bridgehead atoms. The Hall–Kier alpha value is -2.84. The second-order valence-corrected chi connectivity index (χ2v) is 11.4. The maximum Gasteiger partial charge on any atom is 0.471 e. The van der Waals surface area contributed by atoms with Crippen LogP contribution in [0.3, 0.4) is 0 Å². The largest absolute Gasteiger partial charge is 0.471 e. The van der Waals surface area contributed by atoms with Crippen molar-refractivity contribution in [1.29, 1.82) is 5.26 Å². The van der Waals surface area contributed by atoms with Crippen LogP contribution in [0.15, 0.2) is 0 Å². The van der Waals surface area contributed by atoms with Gasteiger partial charge < -0.3 is 20.9 Å². The van der Waals surface area contributed by atoms with Crippen LogP contribution < -0.4 is 16.0 Å². The lowest BCUT2D eigenvalue weighted by Gasteiger charge is -2.37. The number of likely N-dealkylation sites (tertiary alicyclic amines) is 1. The highest BCUT2D eigenvalue weighted by molar-refractivity contribution is 5.94. The summed E-state index contributed by atoms with van der Waals surface area (Å²) in [5, 5.41) is 16.9. The molecule has 4 rings (SSSR count). The molecule has 3 unspecified atom stereocenters. The first kappa shape index (κ1) is 27.2. The number of piperidine rings is 1. The van der Waals surface area contributed by atoms with Gasteiger partial charge in [0.05, 0.1) is 6.07 Å². The van der Waals surface area contributed by atoms with Gasteiger partial charge in [0.25, 0.3) is 0 Å². The molecule has 2 aliphatic carbocycles. The number of nitrogens with zero attached hydrogens (tertiary/aromatic N) is 2. The van der Waals surface area contributed by atoms with Gasteiger partial charge in [-0.3, -0.25) is 19.2 Å². The van der Waals surface area contributed by atoms with E-state index >= 15 is 0 Å². The van der Waals surface area contributed by atoms with Crippen LogP contribution in [0.25, 0.3) is 0 Å². The lowest BCUT2D eigenvalue weighted by Crippen LogP contribution is -2.59. The molecule has 0 radical (unpaired) electrons. The Morgan fingerprint density at radius 1 is 1.16 bits per heavy atom. The van der Waals surface area contributed by atoms with Crippen molar-refractivity contribution in [1.82, 2.24) is 20.9 Å². The predicted octanol–water partition coefficient (Wildman–Crippen LogP) is 1.63. The summed E-state index contributed by atoms with van der Waals surface area (Å²) in [6, 6.07) is -1.27. The van der Waals surface area contributed by atoms with Gasteiger partial charge in [-0.25, -0.2) is 0 Å². The van der Waals surface area contributed by atoms with Crippen molar-refractivity contribution >= 4 is 23.6 Å². The van der Waals surface area contributed by atoms with Gasteiger partial charge in [-0.15, -0.1) is 0 Å². The third-order valence-corrected chi connectivity index (χ3v) is 8.85. The number of hydrogen-bond donors (Lipinski definition) is 3. The Balaban J connectivity index is 1.53. The zero-order chi connectivity index (χ0) is 27.1. The number of carbonyl (C=O) groups excluding carboxylic acids is 4. The minimum atomic E-state index is -5.13. The summed E-state index contributed by atoms with van der Waals surface area (Å²) in [5.41, 5.74) is -0.248. The first-order valence-electron chi connectivity index (χ1n) is 13.0. The number of nitrogens with one attached hydrogen (secondary N) is 3. The van der Waals surface area contributed by atoms with E-state index in [4.69, 9.17) is 0 Å². The lowest BCUT2D eigenvalue weighted by molar-refractivity contribution is -0.176. The molecule has 4 fully saturated rings. The van der Waals surface area contributed by atoms with E-state index in [1.54, 1.807) is 0 Å². The van der Waals surface area contributed by atoms with Crippen molar-refractivity contribution < 1.29 is 32.3 Å². The van der Waals surface area contributed by atoms with E-state index in [-0.39, 0.29) is 36.1 Å². The minimum absolute atomic E-state index is 0.0151. The van der Waals surface area contributed by atoms with Gasteiger partial charge in [-0.05, 0) is 48.9 Å². The second kappa shape index (κ2) is 10.1. The third kappa shape index (κ3) is 5.41. The number of nitriles is 1. The topological polar surface area (TPSA) is 131 Å². The van der Waals surface area contributed by atoms with Crippen LogP contribution in [-0.4, -0.2) is 65.9 Å². The maximum atomic E-state index is 13.7. The molecule has 4 aliphatic rings. The monoisotopic (exact) mass is 525 g/mol. The highest BCUT2D eigenvalue weighted by atomic mass is 19.4. The van der Waals surface area contributed by atoms with Crippen LogP contribution in [0.5, 0.6) is 0 Å². The summed E-state index contributed by atoms with van der Waals surface area (Å²) in [5.74, 6) is -4.65. The number of hydrogen-bond acceptors (Lipinski definition) is 5. The van der Waals surface area contributed by atoms with E-state index in [0.717, 1.165) is 19.3 Å². The fourth-order valence-electron chi connectivity index (χ4n) is 6.62. The molecule has 6 atom stereocenters. The first-order valence-corrected chi connectivity index (χ1v) is 13.0. The molecular weight excluding hydrogens is 491 g/mol. The van der Waals surface area contributed by atoms with Crippen molar-refractivity contribution in [2.45, 2.75) is 83.1 Å². The fraction of sp³-hybridized carbons (Fsp3) is 0.800. The number of carbonyl (C=O) groups is 4. The molecule has 2 saturated carbocycles. The molecule has 0 aromatic heterocycles. The molecule has 0 aromatic rings. The Bertz CT molecular complexity index is 988. The molecule has 4 amide bonds. The van der Waals surface area contributed by atoms with Crippen LogP contribution in [-0.2, 0) is 19.2 Å². The zero-order valence-corrected chi connectivity index (χ0v) is 21.1. The molecule has 0 aromatic carbocycles. The number of alkyl halides is 3. The van der Waals surface area contributed by atoms with Gasteiger partial charge in [0.15, 0.2) is 0 Å². The Labute approximate surface area is 213 Å². The van der Waals surface area contributed by atoms with Crippen LogP contribution in [0, 0.1) is 40.4 Å². The second-order valence-electron chi connectivity index (χ2n) is 11.4. The summed E-state index contributed by atoms with van der Waals surface area (Å²) >= 11 is 0. The van der Waals surface area contributed by atoms with Gasteiger partial charge in [0.1, 0.15) is 18.1 Å². The number of rotatable bonds is 7.